The summed E-state index contributed by atoms with van der Waals surface area (Å²) >= 11 is 3.36. The second kappa shape index (κ2) is 8.17. The van der Waals surface area contributed by atoms with Crippen molar-refractivity contribution in [1.29, 1.82) is 5.26 Å². The average Bonchev–Trinajstić information content (AvgIpc) is 2.58. The predicted octanol–water partition coefficient (Wildman–Crippen LogP) is 5.72. The highest BCUT2D eigenvalue weighted by molar-refractivity contribution is 9.10. The molecule has 0 amide bonds. The van der Waals surface area contributed by atoms with Crippen LogP contribution in [-0.4, -0.2) is 11.6 Å². The van der Waals surface area contributed by atoms with Gasteiger partial charge in [0.15, 0.2) is 0 Å². The van der Waals surface area contributed by atoms with Crippen LogP contribution in [0.2, 0.25) is 0 Å². The van der Waals surface area contributed by atoms with Crippen LogP contribution in [-0.2, 0) is 6.18 Å². The van der Waals surface area contributed by atoms with Crippen LogP contribution < -0.4 is 4.74 Å². The molecule has 0 fully saturated rings. The van der Waals surface area contributed by atoms with Gasteiger partial charge in [-0.05, 0) is 42.8 Å². The molecule has 2 aromatic rings. The zero-order chi connectivity index (χ0) is 18.4. The Labute approximate surface area is 151 Å². The van der Waals surface area contributed by atoms with Crippen molar-refractivity contribution in [2.45, 2.75) is 19.5 Å². The van der Waals surface area contributed by atoms with E-state index in [1.165, 1.54) is 6.07 Å². The largest absolute Gasteiger partial charge is 0.493 e. The van der Waals surface area contributed by atoms with Gasteiger partial charge in [0.25, 0.3) is 0 Å². The van der Waals surface area contributed by atoms with Crippen LogP contribution in [0.4, 0.5) is 13.2 Å². The van der Waals surface area contributed by atoms with E-state index in [2.05, 4.69) is 20.9 Å². The predicted molar refractivity (Wildman–Crippen MR) is 92.7 cm³/mol. The highest BCUT2D eigenvalue weighted by atomic mass is 79.9. The number of allylic oxidation sites excluding steroid dienone is 1. The molecule has 1 aromatic carbocycles. The van der Waals surface area contributed by atoms with Crippen molar-refractivity contribution in [3.8, 4) is 11.8 Å². The van der Waals surface area contributed by atoms with Crippen molar-refractivity contribution in [2.24, 2.45) is 0 Å². The molecule has 2 rings (SSSR count). The summed E-state index contributed by atoms with van der Waals surface area (Å²) < 4.78 is 44.3. The standard InChI is InChI=1S/C18H14BrF3N2O/c1-2-7-25-17-6-4-15(19)9-12(17)8-13(10-23)16-5-3-14(11-24-16)18(20,21)22/h3-6,8-9,11H,2,7H2,1H3/b13-8+. The fourth-order valence-electron chi connectivity index (χ4n) is 2.02. The average molecular weight is 411 g/mol. The SMILES string of the molecule is CCCOc1ccc(Br)cc1/C=C(\C#N)c1ccc(C(F)(F)F)cn1. The van der Waals surface area contributed by atoms with E-state index in [9.17, 15) is 18.4 Å². The van der Waals surface area contributed by atoms with Crippen LogP contribution in [0.15, 0.2) is 41.0 Å². The summed E-state index contributed by atoms with van der Waals surface area (Å²) in [6.45, 7) is 2.49. The molecule has 0 spiro atoms. The molecule has 7 heteroatoms. The second-order valence-corrected chi connectivity index (χ2v) is 6.05. The normalized spacial score (nSPS) is 11.9. The number of benzene rings is 1. The van der Waals surface area contributed by atoms with Gasteiger partial charge in [0, 0.05) is 16.2 Å². The number of nitriles is 1. The van der Waals surface area contributed by atoms with E-state index in [0.29, 0.717) is 17.9 Å². The Morgan fingerprint density at radius 1 is 1.32 bits per heavy atom. The lowest BCUT2D eigenvalue weighted by molar-refractivity contribution is -0.137. The lowest BCUT2D eigenvalue weighted by atomic mass is 10.1. The number of nitrogens with zero attached hydrogens (tertiary/aromatic N) is 2. The van der Waals surface area contributed by atoms with Crippen LogP contribution in [0.25, 0.3) is 11.6 Å². The molecule has 0 N–H and O–H groups in total. The fraction of sp³-hybridized carbons (Fsp3) is 0.222. The molecule has 130 valence electrons. The molecule has 0 bridgehead atoms. The van der Waals surface area contributed by atoms with Crippen LogP contribution in [0.1, 0.15) is 30.2 Å². The maximum Gasteiger partial charge on any atom is 0.417 e. The maximum absolute atomic E-state index is 12.6. The number of halogens is 4. The number of alkyl halides is 3. The Balaban J connectivity index is 2.41. The molecule has 25 heavy (non-hydrogen) atoms. The molecule has 0 radical (unpaired) electrons. The third-order valence-corrected chi connectivity index (χ3v) is 3.71. The van der Waals surface area contributed by atoms with Gasteiger partial charge in [-0.15, -0.1) is 0 Å². The van der Waals surface area contributed by atoms with Crippen molar-refractivity contribution < 1.29 is 17.9 Å². The first kappa shape index (κ1) is 19.0. The van der Waals surface area contributed by atoms with Gasteiger partial charge in [0.1, 0.15) is 11.8 Å². The Kier molecular flexibility index (Phi) is 6.21. The third-order valence-electron chi connectivity index (χ3n) is 3.22. The van der Waals surface area contributed by atoms with Crippen molar-refractivity contribution in [2.75, 3.05) is 6.61 Å². The van der Waals surface area contributed by atoms with E-state index in [0.717, 1.165) is 23.2 Å². The number of hydrogen-bond donors (Lipinski definition) is 0. The molecule has 3 nitrogen and oxygen atoms in total. The van der Waals surface area contributed by atoms with Crippen LogP contribution in [0.3, 0.4) is 0 Å². The van der Waals surface area contributed by atoms with E-state index in [1.54, 1.807) is 18.2 Å². The zero-order valence-corrected chi connectivity index (χ0v) is 14.9. The van der Waals surface area contributed by atoms with Gasteiger partial charge in [-0.1, -0.05) is 22.9 Å². The van der Waals surface area contributed by atoms with Crippen molar-refractivity contribution in [3.63, 3.8) is 0 Å². The van der Waals surface area contributed by atoms with E-state index >= 15 is 0 Å². The summed E-state index contributed by atoms with van der Waals surface area (Å²) in [6.07, 6.45) is -1.38. The topological polar surface area (TPSA) is 45.9 Å². The van der Waals surface area contributed by atoms with Gasteiger partial charge in [-0.2, -0.15) is 18.4 Å². The van der Waals surface area contributed by atoms with Gasteiger partial charge in [-0.25, -0.2) is 0 Å². The summed E-state index contributed by atoms with van der Waals surface area (Å²) in [5.41, 5.74) is 0.0918. The Morgan fingerprint density at radius 3 is 2.64 bits per heavy atom. The smallest absolute Gasteiger partial charge is 0.417 e. The lowest BCUT2D eigenvalue weighted by Gasteiger charge is -2.10. The minimum absolute atomic E-state index is 0.146. The molecule has 0 aliphatic heterocycles. The number of rotatable bonds is 5. The fourth-order valence-corrected chi connectivity index (χ4v) is 2.39. The molecular formula is C18H14BrF3N2O. The molecule has 0 aliphatic rings. The molecule has 0 atom stereocenters. The molecular weight excluding hydrogens is 397 g/mol. The first-order valence-electron chi connectivity index (χ1n) is 7.43. The van der Waals surface area contributed by atoms with Gasteiger partial charge in [-0.3, -0.25) is 4.98 Å². The first-order valence-corrected chi connectivity index (χ1v) is 8.22. The van der Waals surface area contributed by atoms with E-state index in [1.807, 2.05) is 19.1 Å². The molecule has 0 saturated carbocycles. The van der Waals surface area contributed by atoms with Gasteiger partial charge >= 0.3 is 6.18 Å². The van der Waals surface area contributed by atoms with E-state index in [-0.39, 0.29) is 11.3 Å². The minimum Gasteiger partial charge on any atom is -0.493 e. The number of pyridine rings is 1. The highest BCUT2D eigenvalue weighted by Crippen LogP contribution is 2.30. The van der Waals surface area contributed by atoms with Crippen LogP contribution in [0, 0.1) is 11.3 Å². The van der Waals surface area contributed by atoms with Crippen LogP contribution >= 0.6 is 15.9 Å². The minimum atomic E-state index is -4.46. The van der Waals surface area contributed by atoms with Gasteiger partial charge in [0.05, 0.1) is 23.4 Å². The van der Waals surface area contributed by atoms with E-state index < -0.39 is 11.7 Å². The van der Waals surface area contributed by atoms with Crippen molar-refractivity contribution in [3.05, 3.63) is 57.8 Å². The van der Waals surface area contributed by atoms with Crippen molar-refractivity contribution >= 4 is 27.6 Å². The van der Waals surface area contributed by atoms with Crippen LogP contribution in [0.5, 0.6) is 5.75 Å². The molecule has 1 aromatic heterocycles. The Bertz CT molecular complexity index is 809. The lowest BCUT2D eigenvalue weighted by Crippen LogP contribution is -2.05. The maximum atomic E-state index is 12.6. The summed E-state index contributed by atoms with van der Waals surface area (Å²) in [6, 6.07) is 9.41. The highest BCUT2D eigenvalue weighted by Gasteiger charge is 2.30. The van der Waals surface area contributed by atoms with Crippen molar-refractivity contribution in [1.82, 2.24) is 4.98 Å². The third kappa shape index (κ3) is 5.07. The first-order chi connectivity index (χ1) is 11.8. The molecule has 1 heterocycles. The Hall–Kier alpha value is -2.33. The van der Waals surface area contributed by atoms with Gasteiger partial charge < -0.3 is 4.74 Å². The molecule has 0 aliphatic carbocycles. The quantitative estimate of drug-likeness (QED) is 0.592. The second-order valence-electron chi connectivity index (χ2n) is 5.13. The zero-order valence-electron chi connectivity index (χ0n) is 13.3. The number of hydrogen-bond acceptors (Lipinski definition) is 3. The Morgan fingerprint density at radius 2 is 2.08 bits per heavy atom. The monoisotopic (exact) mass is 410 g/mol. The molecule has 0 saturated heterocycles. The molecule has 0 unspecified atom stereocenters. The van der Waals surface area contributed by atoms with E-state index in [4.69, 9.17) is 4.74 Å². The number of ether oxygens (including phenoxy) is 1. The van der Waals surface area contributed by atoms with Gasteiger partial charge in [0.2, 0.25) is 0 Å². The summed E-state index contributed by atoms with van der Waals surface area (Å²) in [4.78, 5) is 3.76. The number of aromatic nitrogens is 1. The summed E-state index contributed by atoms with van der Waals surface area (Å²) in [5.74, 6) is 0.588. The summed E-state index contributed by atoms with van der Waals surface area (Å²) in [5, 5.41) is 9.37. The summed E-state index contributed by atoms with van der Waals surface area (Å²) in [7, 11) is 0.